The summed E-state index contributed by atoms with van der Waals surface area (Å²) >= 11 is 0. The van der Waals surface area contributed by atoms with Crippen molar-refractivity contribution in [2.24, 2.45) is 0 Å². The van der Waals surface area contributed by atoms with E-state index in [1.165, 1.54) is 6.07 Å². The Morgan fingerprint density at radius 2 is 2.00 bits per heavy atom. The topological polar surface area (TPSA) is 49.8 Å². The molecule has 4 nitrogen and oxygen atoms in total. The van der Waals surface area contributed by atoms with Gasteiger partial charge in [0.1, 0.15) is 0 Å². The van der Waals surface area contributed by atoms with E-state index >= 15 is 0 Å². The molecule has 138 valence electrons. The molecule has 1 amide bonds. The third-order valence-corrected chi connectivity index (χ3v) is 5.31. The van der Waals surface area contributed by atoms with Crippen molar-refractivity contribution in [3.8, 4) is 0 Å². The Labute approximate surface area is 144 Å². The Morgan fingerprint density at radius 3 is 2.60 bits per heavy atom. The number of carbonyl (C=O) groups excluding carboxylic acids is 1. The summed E-state index contributed by atoms with van der Waals surface area (Å²) in [6, 6.07) is 3.24. The minimum absolute atomic E-state index is 0.0795. The van der Waals surface area contributed by atoms with Crippen LogP contribution in [0.4, 0.5) is 13.2 Å². The smallest absolute Gasteiger partial charge is 0.390 e. The van der Waals surface area contributed by atoms with E-state index in [1.807, 2.05) is 0 Å². The van der Waals surface area contributed by atoms with E-state index in [4.69, 9.17) is 4.74 Å². The van der Waals surface area contributed by atoms with Crippen LogP contribution in [0.15, 0.2) is 18.2 Å². The summed E-state index contributed by atoms with van der Waals surface area (Å²) in [5.41, 5.74) is -0.832. The van der Waals surface area contributed by atoms with Crippen LogP contribution in [0, 0.1) is 6.92 Å². The van der Waals surface area contributed by atoms with Crippen molar-refractivity contribution >= 4 is 5.91 Å². The number of benzene rings is 1. The molecule has 1 unspecified atom stereocenters. The van der Waals surface area contributed by atoms with Crippen molar-refractivity contribution in [3.05, 3.63) is 34.9 Å². The minimum atomic E-state index is -4.48. The first-order valence-electron chi connectivity index (χ1n) is 8.52. The maximum absolute atomic E-state index is 12.9. The van der Waals surface area contributed by atoms with Gasteiger partial charge in [-0.05, 0) is 50.3 Å². The molecular weight excluding hydrogens is 335 g/mol. The quantitative estimate of drug-likeness (QED) is 0.840. The molecular formula is C18H22F3NO3. The third-order valence-electron chi connectivity index (χ3n) is 5.31. The highest BCUT2D eigenvalue weighted by atomic mass is 19.4. The molecule has 2 aliphatic rings. The van der Waals surface area contributed by atoms with E-state index in [0.717, 1.165) is 18.6 Å². The van der Waals surface area contributed by atoms with Gasteiger partial charge in [0, 0.05) is 25.3 Å². The Balaban J connectivity index is 1.75. The Morgan fingerprint density at radius 1 is 1.32 bits per heavy atom. The molecule has 0 aromatic heterocycles. The largest absolute Gasteiger partial charge is 0.416 e. The molecule has 1 aromatic rings. The molecule has 0 bridgehead atoms. The van der Waals surface area contributed by atoms with Gasteiger partial charge in [0.2, 0.25) is 0 Å². The summed E-state index contributed by atoms with van der Waals surface area (Å²) in [4.78, 5) is 14.3. The molecule has 3 rings (SSSR count). The number of rotatable bonds is 1. The number of ether oxygens (including phenoxy) is 1. The van der Waals surface area contributed by atoms with Crippen LogP contribution in [0.2, 0.25) is 0 Å². The lowest BCUT2D eigenvalue weighted by Gasteiger charge is -2.46. The summed E-state index contributed by atoms with van der Waals surface area (Å²) in [6.45, 7) is 2.96. The fraction of sp³-hybridized carbons (Fsp3) is 0.611. The molecule has 1 N–H and O–H groups in total. The summed E-state index contributed by atoms with van der Waals surface area (Å²) in [5.74, 6) is -0.399. The van der Waals surface area contributed by atoms with Crippen LogP contribution >= 0.6 is 0 Å². The average Bonchev–Trinajstić information content (AvgIpc) is 2.57. The number of carbonyl (C=O) groups is 1. The fourth-order valence-corrected chi connectivity index (χ4v) is 3.68. The first kappa shape index (κ1) is 18.2. The molecule has 2 saturated heterocycles. The lowest BCUT2D eigenvalue weighted by Crippen LogP contribution is -2.56. The van der Waals surface area contributed by atoms with Crippen LogP contribution in [-0.2, 0) is 10.9 Å². The Kier molecular flexibility index (Phi) is 4.81. The predicted molar refractivity (Wildman–Crippen MR) is 85.2 cm³/mol. The van der Waals surface area contributed by atoms with E-state index in [-0.39, 0.29) is 5.56 Å². The van der Waals surface area contributed by atoms with Crippen molar-refractivity contribution in [3.63, 3.8) is 0 Å². The zero-order valence-corrected chi connectivity index (χ0v) is 14.1. The highest BCUT2D eigenvalue weighted by Gasteiger charge is 2.44. The lowest BCUT2D eigenvalue weighted by atomic mass is 9.82. The second-order valence-electron chi connectivity index (χ2n) is 6.89. The number of piperidine rings is 1. The summed E-state index contributed by atoms with van der Waals surface area (Å²) < 4.78 is 44.6. The van der Waals surface area contributed by atoms with Crippen LogP contribution in [0.25, 0.3) is 0 Å². The van der Waals surface area contributed by atoms with Gasteiger partial charge in [0.15, 0.2) is 0 Å². The van der Waals surface area contributed by atoms with Gasteiger partial charge in [0.05, 0.1) is 17.3 Å². The normalized spacial score (nSPS) is 23.7. The van der Waals surface area contributed by atoms with Crippen molar-refractivity contribution in [2.75, 3.05) is 19.7 Å². The van der Waals surface area contributed by atoms with Crippen LogP contribution in [0.5, 0.6) is 0 Å². The van der Waals surface area contributed by atoms with Gasteiger partial charge >= 0.3 is 6.18 Å². The van der Waals surface area contributed by atoms with Crippen molar-refractivity contribution in [1.82, 2.24) is 4.90 Å². The number of hydrogen-bond acceptors (Lipinski definition) is 3. The molecule has 1 aromatic carbocycles. The number of aryl methyl sites for hydroxylation is 1. The average molecular weight is 357 g/mol. The number of halogens is 3. The Bertz CT molecular complexity index is 651. The summed E-state index contributed by atoms with van der Waals surface area (Å²) in [7, 11) is 0. The molecule has 7 heteroatoms. The minimum Gasteiger partial charge on any atom is -0.390 e. The fourth-order valence-electron chi connectivity index (χ4n) is 3.68. The Hall–Kier alpha value is -1.60. The maximum Gasteiger partial charge on any atom is 0.416 e. The van der Waals surface area contributed by atoms with Gasteiger partial charge in [-0.15, -0.1) is 0 Å². The van der Waals surface area contributed by atoms with Gasteiger partial charge in [0.25, 0.3) is 5.91 Å². The van der Waals surface area contributed by atoms with Crippen molar-refractivity contribution in [2.45, 2.75) is 50.5 Å². The van der Waals surface area contributed by atoms with Crippen LogP contribution in [0.3, 0.4) is 0 Å². The zero-order valence-electron chi connectivity index (χ0n) is 14.1. The monoisotopic (exact) mass is 357 g/mol. The van der Waals surface area contributed by atoms with Crippen LogP contribution in [-0.4, -0.2) is 47.3 Å². The van der Waals surface area contributed by atoms with E-state index in [1.54, 1.807) is 11.8 Å². The molecule has 25 heavy (non-hydrogen) atoms. The molecule has 1 spiro atoms. The van der Waals surface area contributed by atoms with Gasteiger partial charge in [-0.1, -0.05) is 6.07 Å². The van der Waals surface area contributed by atoms with Gasteiger partial charge in [-0.25, -0.2) is 0 Å². The van der Waals surface area contributed by atoms with Crippen LogP contribution in [0.1, 0.15) is 47.2 Å². The van der Waals surface area contributed by atoms with Gasteiger partial charge < -0.3 is 14.7 Å². The highest BCUT2D eigenvalue weighted by molar-refractivity contribution is 5.96. The van der Waals surface area contributed by atoms with E-state index in [0.29, 0.717) is 44.5 Å². The number of likely N-dealkylation sites (tertiary alicyclic amines) is 1. The number of nitrogens with zero attached hydrogens (tertiary/aromatic N) is 1. The SMILES string of the molecule is Cc1ccc(C(F)(F)F)cc1C(=O)N1CCC2(CC1)OCCCC2O. The summed E-state index contributed by atoms with van der Waals surface area (Å²) in [5, 5.41) is 10.2. The summed E-state index contributed by atoms with van der Waals surface area (Å²) in [6.07, 6.45) is -2.53. The van der Waals surface area contributed by atoms with E-state index < -0.39 is 29.4 Å². The molecule has 2 aliphatic heterocycles. The number of alkyl halides is 3. The molecule has 2 fully saturated rings. The third kappa shape index (κ3) is 3.53. The first-order valence-corrected chi connectivity index (χ1v) is 8.52. The molecule has 0 radical (unpaired) electrons. The second-order valence-corrected chi connectivity index (χ2v) is 6.89. The maximum atomic E-state index is 12.9. The number of aliphatic hydroxyl groups excluding tert-OH is 1. The molecule has 0 aliphatic carbocycles. The molecule has 2 heterocycles. The second kappa shape index (κ2) is 6.61. The van der Waals surface area contributed by atoms with Crippen molar-refractivity contribution in [1.29, 1.82) is 0 Å². The predicted octanol–water partition coefficient (Wildman–Crippen LogP) is 3.16. The van der Waals surface area contributed by atoms with Gasteiger partial charge in [-0.2, -0.15) is 13.2 Å². The number of hydrogen-bond donors (Lipinski definition) is 1. The molecule has 1 atom stereocenters. The molecule has 0 saturated carbocycles. The highest BCUT2D eigenvalue weighted by Crippen LogP contribution is 2.36. The van der Waals surface area contributed by atoms with Crippen LogP contribution < -0.4 is 0 Å². The zero-order chi connectivity index (χ0) is 18.2. The van der Waals surface area contributed by atoms with E-state index in [9.17, 15) is 23.1 Å². The standard InChI is InChI=1S/C18H22F3NO3/c1-12-4-5-13(18(19,20)21)11-14(12)16(24)22-8-6-17(7-9-22)15(23)3-2-10-25-17/h4-5,11,15,23H,2-3,6-10H2,1H3. The first-order chi connectivity index (χ1) is 11.7. The number of amides is 1. The van der Waals surface area contributed by atoms with Gasteiger partial charge in [-0.3, -0.25) is 4.79 Å². The van der Waals surface area contributed by atoms with E-state index in [2.05, 4.69) is 0 Å². The van der Waals surface area contributed by atoms with Crippen molar-refractivity contribution < 1.29 is 27.8 Å². The lowest BCUT2D eigenvalue weighted by molar-refractivity contribution is -0.174. The number of aliphatic hydroxyl groups is 1.